The highest BCUT2D eigenvalue weighted by Crippen LogP contribution is 2.39. The number of aryl methyl sites for hydroxylation is 1. The lowest BCUT2D eigenvalue weighted by Crippen LogP contribution is -2.51. The number of para-hydroxylation sites is 1. The van der Waals surface area contributed by atoms with Crippen LogP contribution >= 0.6 is 0 Å². The molecule has 3 fully saturated rings. The molecule has 3 saturated heterocycles. The van der Waals surface area contributed by atoms with Crippen molar-refractivity contribution in [1.29, 1.82) is 0 Å². The van der Waals surface area contributed by atoms with Crippen LogP contribution in [0.1, 0.15) is 25.7 Å². The third kappa shape index (κ3) is 3.91. The Morgan fingerprint density at radius 3 is 2.58 bits per heavy atom. The van der Waals surface area contributed by atoms with Crippen LogP contribution < -0.4 is 15.0 Å². The molecule has 0 radical (unpaired) electrons. The Kier molecular flexibility index (Phi) is 5.74. The van der Waals surface area contributed by atoms with Crippen molar-refractivity contribution in [2.45, 2.75) is 43.8 Å². The zero-order valence-electron chi connectivity index (χ0n) is 21.8. The van der Waals surface area contributed by atoms with Crippen molar-refractivity contribution in [3.8, 4) is 17.1 Å². The Labute approximate surface area is 220 Å². The second-order valence-corrected chi connectivity index (χ2v) is 11.1. The number of halogens is 2. The molecule has 198 valence electrons. The minimum atomic E-state index is -0.680. The monoisotopic (exact) mass is 518 g/mol. The van der Waals surface area contributed by atoms with E-state index in [0.717, 1.165) is 56.2 Å². The lowest BCUT2D eigenvalue weighted by atomic mass is 10.0. The van der Waals surface area contributed by atoms with E-state index in [1.807, 2.05) is 35.9 Å². The van der Waals surface area contributed by atoms with Crippen LogP contribution in [-0.4, -0.2) is 70.8 Å². The van der Waals surface area contributed by atoms with E-state index in [2.05, 4.69) is 27.1 Å². The zero-order chi connectivity index (χ0) is 26.0. The highest BCUT2D eigenvalue weighted by atomic mass is 19.1. The SMILES string of the molecule is CN1CCC[C@H]1COc1nc(N2C[C@H]3CC[C@@H](C2)N3)c2cc(F)c(-c3cn(C)c4ccccc34)c(F)c2n1. The van der Waals surface area contributed by atoms with Crippen LogP contribution in [0.25, 0.3) is 32.9 Å². The molecule has 3 aliphatic heterocycles. The van der Waals surface area contributed by atoms with Gasteiger partial charge in [-0.05, 0) is 51.4 Å². The topological polar surface area (TPSA) is 58.5 Å². The maximum Gasteiger partial charge on any atom is 0.319 e. The van der Waals surface area contributed by atoms with Gasteiger partial charge in [0.25, 0.3) is 0 Å². The predicted molar refractivity (Wildman–Crippen MR) is 145 cm³/mol. The number of benzene rings is 2. The molecule has 3 aliphatic rings. The number of nitrogens with one attached hydrogen (secondary N) is 1. The summed E-state index contributed by atoms with van der Waals surface area (Å²) in [7, 11) is 3.97. The molecule has 0 unspecified atom stereocenters. The summed E-state index contributed by atoms with van der Waals surface area (Å²) in [5.41, 5.74) is 1.45. The number of likely N-dealkylation sites (N-methyl/N-ethyl adjacent to an activating group) is 1. The van der Waals surface area contributed by atoms with Crippen molar-refractivity contribution < 1.29 is 13.5 Å². The Morgan fingerprint density at radius 1 is 1.03 bits per heavy atom. The van der Waals surface area contributed by atoms with Gasteiger partial charge >= 0.3 is 6.01 Å². The van der Waals surface area contributed by atoms with Crippen molar-refractivity contribution in [2.24, 2.45) is 7.05 Å². The van der Waals surface area contributed by atoms with Gasteiger partial charge in [0.1, 0.15) is 23.8 Å². The largest absolute Gasteiger partial charge is 0.462 e. The van der Waals surface area contributed by atoms with E-state index in [0.29, 0.717) is 35.5 Å². The van der Waals surface area contributed by atoms with Gasteiger partial charge in [-0.25, -0.2) is 8.78 Å². The first-order valence-electron chi connectivity index (χ1n) is 13.5. The minimum Gasteiger partial charge on any atom is -0.462 e. The van der Waals surface area contributed by atoms with Crippen LogP contribution in [0.3, 0.4) is 0 Å². The second kappa shape index (κ2) is 9.17. The fraction of sp³-hybridized carbons (Fsp3) is 0.448. The van der Waals surface area contributed by atoms with Gasteiger partial charge in [0.05, 0.1) is 5.56 Å². The number of anilines is 1. The first-order chi connectivity index (χ1) is 18.5. The molecule has 1 N–H and O–H groups in total. The van der Waals surface area contributed by atoms with E-state index < -0.39 is 11.6 Å². The highest BCUT2D eigenvalue weighted by molar-refractivity contribution is 6.00. The van der Waals surface area contributed by atoms with Crippen molar-refractivity contribution in [1.82, 2.24) is 24.8 Å². The molecule has 0 aliphatic carbocycles. The summed E-state index contributed by atoms with van der Waals surface area (Å²) in [5.74, 6) is -0.748. The first-order valence-corrected chi connectivity index (χ1v) is 13.5. The molecule has 2 aromatic heterocycles. The molecule has 4 aromatic rings. The molecule has 2 bridgehead atoms. The number of hydrogen-bond acceptors (Lipinski definition) is 6. The second-order valence-electron chi connectivity index (χ2n) is 11.1. The van der Waals surface area contributed by atoms with E-state index in [-0.39, 0.29) is 23.1 Å². The van der Waals surface area contributed by atoms with E-state index in [1.165, 1.54) is 6.07 Å². The third-order valence-corrected chi connectivity index (χ3v) is 8.60. The zero-order valence-corrected chi connectivity index (χ0v) is 21.8. The van der Waals surface area contributed by atoms with E-state index in [1.54, 1.807) is 6.20 Å². The number of likely N-dealkylation sites (tertiary alicyclic amines) is 1. The number of nitrogens with zero attached hydrogens (tertiary/aromatic N) is 5. The van der Waals surface area contributed by atoms with Gasteiger partial charge in [0, 0.05) is 66.3 Å². The van der Waals surface area contributed by atoms with Crippen LogP contribution in [0.2, 0.25) is 0 Å². The van der Waals surface area contributed by atoms with Crippen molar-refractivity contribution >= 4 is 27.6 Å². The quantitative estimate of drug-likeness (QED) is 0.421. The van der Waals surface area contributed by atoms with Gasteiger partial charge in [-0.1, -0.05) is 18.2 Å². The van der Waals surface area contributed by atoms with Crippen LogP contribution in [0.5, 0.6) is 6.01 Å². The molecule has 3 atom stereocenters. The summed E-state index contributed by atoms with van der Waals surface area (Å²) in [5, 5.41) is 4.80. The number of piperazine rings is 1. The van der Waals surface area contributed by atoms with E-state index in [9.17, 15) is 0 Å². The van der Waals surface area contributed by atoms with Crippen LogP contribution in [-0.2, 0) is 7.05 Å². The summed E-state index contributed by atoms with van der Waals surface area (Å²) in [6, 6.07) is 10.2. The number of hydrogen-bond donors (Lipinski definition) is 1. The first kappa shape index (κ1) is 23.8. The molecule has 9 heteroatoms. The van der Waals surface area contributed by atoms with Crippen LogP contribution in [0.4, 0.5) is 14.6 Å². The van der Waals surface area contributed by atoms with Gasteiger partial charge in [-0.3, -0.25) is 0 Å². The highest BCUT2D eigenvalue weighted by Gasteiger charge is 2.34. The van der Waals surface area contributed by atoms with Crippen LogP contribution in [0, 0.1) is 11.6 Å². The summed E-state index contributed by atoms with van der Waals surface area (Å²) in [6.45, 7) is 2.94. The van der Waals surface area contributed by atoms with Gasteiger partial charge in [-0.15, -0.1) is 0 Å². The normalized spacial score (nSPS) is 23.7. The Balaban J connectivity index is 1.37. The molecular weight excluding hydrogens is 486 g/mol. The fourth-order valence-corrected chi connectivity index (χ4v) is 6.58. The minimum absolute atomic E-state index is 0.0687. The van der Waals surface area contributed by atoms with Crippen molar-refractivity contribution in [3.05, 3.63) is 48.2 Å². The molecular formula is C29H32F2N6O. The van der Waals surface area contributed by atoms with Gasteiger partial charge in [-0.2, -0.15) is 9.97 Å². The maximum absolute atomic E-state index is 16.4. The maximum atomic E-state index is 16.4. The summed E-state index contributed by atoms with van der Waals surface area (Å²) < 4.78 is 40.2. The molecule has 5 heterocycles. The number of rotatable bonds is 5. The average molecular weight is 519 g/mol. The third-order valence-electron chi connectivity index (χ3n) is 8.60. The van der Waals surface area contributed by atoms with Gasteiger partial charge < -0.3 is 24.4 Å². The molecule has 7 nitrogen and oxygen atoms in total. The number of ether oxygens (including phenoxy) is 1. The average Bonchev–Trinajstić information content (AvgIpc) is 3.59. The number of fused-ring (bicyclic) bond motifs is 4. The molecule has 0 amide bonds. The standard InChI is InChI=1S/C29H32F2N6O/c1-35-11-5-6-19(35)16-38-29-33-27-21(28(34-29)37-13-17-9-10-18(14-37)32-17)12-23(30)25(26(27)31)22-15-36(2)24-8-4-3-7-20(22)24/h3-4,7-8,12,15,17-19,32H,5-6,9-11,13-14,16H2,1-2H3/t17-,18+,19-/m0/s1. The van der Waals surface area contributed by atoms with Gasteiger partial charge in [0.2, 0.25) is 0 Å². The fourth-order valence-electron chi connectivity index (χ4n) is 6.58. The van der Waals surface area contributed by atoms with E-state index >= 15 is 8.78 Å². The number of aromatic nitrogens is 3. The molecule has 2 aromatic carbocycles. The predicted octanol–water partition coefficient (Wildman–Crippen LogP) is 4.48. The lowest BCUT2D eigenvalue weighted by Gasteiger charge is -2.34. The summed E-state index contributed by atoms with van der Waals surface area (Å²) in [4.78, 5) is 13.7. The molecule has 0 saturated carbocycles. The van der Waals surface area contributed by atoms with Crippen LogP contribution in [0.15, 0.2) is 36.5 Å². The molecule has 38 heavy (non-hydrogen) atoms. The Morgan fingerprint density at radius 2 is 1.82 bits per heavy atom. The summed E-state index contributed by atoms with van der Waals surface area (Å²) >= 11 is 0. The van der Waals surface area contributed by atoms with Gasteiger partial charge in [0.15, 0.2) is 5.82 Å². The Bertz CT molecular complexity index is 1530. The molecule has 7 rings (SSSR count). The molecule has 0 spiro atoms. The van der Waals surface area contributed by atoms with Crippen molar-refractivity contribution in [2.75, 3.05) is 38.2 Å². The van der Waals surface area contributed by atoms with E-state index in [4.69, 9.17) is 9.72 Å². The lowest BCUT2D eigenvalue weighted by molar-refractivity contribution is 0.188. The summed E-state index contributed by atoms with van der Waals surface area (Å²) in [6.07, 6.45) is 6.13. The Hall–Kier alpha value is -3.30. The van der Waals surface area contributed by atoms with Crippen molar-refractivity contribution in [3.63, 3.8) is 0 Å². The smallest absolute Gasteiger partial charge is 0.319 e.